The molecule has 0 atom stereocenters. The number of phosphoric acid groups is 1. The molecule has 8 fully saturated rings. The molecule has 0 heterocycles. The third kappa shape index (κ3) is 12.0. The monoisotopic (exact) mass is 874 g/mol. The molecule has 0 amide bonds. The maximum absolute atomic E-state index is 14.3. The van der Waals surface area contributed by atoms with Gasteiger partial charge in [-0.3, -0.25) is 9.05 Å². The van der Waals surface area contributed by atoms with Crippen LogP contribution in [0.3, 0.4) is 0 Å². The summed E-state index contributed by atoms with van der Waals surface area (Å²) in [7, 11) is -4.06. The lowest BCUT2D eigenvalue weighted by atomic mass is 9.54. The van der Waals surface area contributed by atoms with E-state index >= 15 is 0 Å². The molecular formula is C50H65F2N2O7P. The molecule has 0 unspecified atom stereocenters. The minimum atomic E-state index is -4.06. The van der Waals surface area contributed by atoms with Gasteiger partial charge < -0.3 is 19.1 Å². The van der Waals surface area contributed by atoms with Gasteiger partial charge in [-0.2, -0.15) is 10.5 Å². The Hall–Kier alpha value is -3.89. The van der Waals surface area contributed by atoms with Crippen LogP contribution in [0.25, 0.3) is 11.5 Å². The van der Waals surface area contributed by atoms with E-state index in [4.69, 9.17) is 33.6 Å². The highest BCUT2D eigenvalue weighted by atomic mass is 31.2. The van der Waals surface area contributed by atoms with E-state index in [0.29, 0.717) is 36.7 Å². The number of hydrogen-bond donors (Lipinski definition) is 1. The first-order valence-electron chi connectivity index (χ1n) is 22.9. The average Bonchev–Trinajstić information content (AvgIpc) is 3.18. The Morgan fingerprint density at radius 3 is 1.44 bits per heavy atom. The Morgan fingerprint density at radius 2 is 1.05 bits per heavy atom. The summed E-state index contributed by atoms with van der Waals surface area (Å²) in [6.45, 7) is 6.69. The Kier molecular flexibility index (Phi) is 14.8. The van der Waals surface area contributed by atoms with Crippen molar-refractivity contribution in [3.05, 3.63) is 70.8 Å². The molecule has 2 aromatic rings. The normalized spacial score (nSPS) is 26.9. The molecule has 0 aliphatic heterocycles. The molecule has 0 aromatic heterocycles. The zero-order chi connectivity index (χ0) is 44.1. The van der Waals surface area contributed by atoms with E-state index in [0.717, 1.165) is 46.3 Å². The summed E-state index contributed by atoms with van der Waals surface area (Å²) < 4.78 is 70.3. The predicted octanol–water partition coefficient (Wildman–Crippen LogP) is 13.1. The molecule has 0 radical (unpaired) electrons. The molecule has 9 nitrogen and oxygen atoms in total. The maximum atomic E-state index is 14.3. The van der Waals surface area contributed by atoms with E-state index in [1.807, 2.05) is 30.3 Å². The van der Waals surface area contributed by atoms with Crippen LogP contribution in [0.2, 0.25) is 0 Å². The maximum Gasteiger partial charge on any atom is 0.530 e. The zero-order valence-corrected chi connectivity index (χ0v) is 37.9. The first-order valence-corrected chi connectivity index (χ1v) is 24.4. The average molecular weight is 875 g/mol. The van der Waals surface area contributed by atoms with E-state index in [9.17, 15) is 18.5 Å². The SMILES string of the molecule is CC(C)(F)CCOC(=C1C2CC3CC(C2)CC1C3)c1cccc(O)c1.CC(C)(F)CCOC(=C1C2CC3CC(C2)CC1C3)c1cccc(OP(=O)(OCCC#N)OCCC#N)c1. The van der Waals surface area contributed by atoms with Gasteiger partial charge in [0, 0.05) is 24.0 Å². The van der Waals surface area contributed by atoms with Crippen LogP contribution in [0, 0.1) is 70.0 Å². The Morgan fingerprint density at radius 1 is 0.645 bits per heavy atom. The first-order chi connectivity index (χ1) is 29.6. The minimum Gasteiger partial charge on any atom is -0.508 e. The van der Waals surface area contributed by atoms with E-state index in [-0.39, 0.29) is 50.6 Å². The molecule has 8 bridgehead atoms. The molecule has 0 saturated heterocycles. The summed E-state index contributed by atoms with van der Waals surface area (Å²) >= 11 is 0. The van der Waals surface area contributed by atoms with Crippen LogP contribution in [0.15, 0.2) is 59.7 Å². The van der Waals surface area contributed by atoms with Crippen molar-refractivity contribution in [2.24, 2.45) is 47.3 Å². The van der Waals surface area contributed by atoms with Gasteiger partial charge in [-0.25, -0.2) is 13.3 Å². The lowest BCUT2D eigenvalue weighted by Gasteiger charge is -2.51. The Labute approximate surface area is 367 Å². The summed E-state index contributed by atoms with van der Waals surface area (Å²) in [6, 6.07) is 18.3. The molecule has 8 aliphatic carbocycles. The van der Waals surface area contributed by atoms with Crippen molar-refractivity contribution in [2.45, 2.75) is 129 Å². The van der Waals surface area contributed by atoms with Gasteiger partial charge >= 0.3 is 7.82 Å². The van der Waals surface area contributed by atoms with Crippen LogP contribution in [0.5, 0.6) is 11.5 Å². The number of phenolic OH excluding ortho intramolecular Hbond substituents is 1. The Balaban J connectivity index is 0.000000200. The fraction of sp³-hybridized carbons (Fsp3) is 0.640. The van der Waals surface area contributed by atoms with Gasteiger partial charge in [-0.05, 0) is 175 Å². The molecule has 2 aromatic carbocycles. The number of halogens is 2. The van der Waals surface area contributed by atoms with Crippen LogP contribution in [-0.4, -0.2) is 42.9 Å². The molecular weight excluding hydrogens is 810 g/mol. The standard InChI is InChI=1S/C28H36FN2O5P.C22H29FO2/c1-28(2,29)8-13-33-27(26-23-15-20-14-21(17-23)18-24(26)16-20)22-6-3-7-25(19-22)36-37(32,34-11-4-9-30)35-12-5-10-31;1-22(2,23)6-7-25-21(16-4-3-5-19(24)13-16)20-17-9-14-8-15(11-17)12-18(20)10-14/h3,6-7,19-21,23-24H,4-5,8,11-18H2,1-2H3;3-5,13-15,17-18,24H,6-12H2,1-2H3. The molecule has 12 heteroatoms. The first kappa shape index (κ1) is 46.1. The van der Waals surface area contributed by atoms with Crippen molar-refractivity contribution in [2.75, 3.05) is 26.4 Å². The second-order valence-electron chi connectivity index (χ2n) is 19.9. The van der Waals surface area contributed by atoms with Crippen LogP contribution in [0.1, 0.15) is 129 Å². The number of benzene rings is 2. The van der Waals surface area contributed by atoms with Crippen LogP contribution >= 0.6 is 7.82 Å². The van der Waals surface area contributed by atoms with E-state index < -0.39 is 19.2 Å². The number of hydrogen-bond acceptors (Lipinski definition) is 9. The number of aromatic hydroxyl groups is 1. The second-order valence-corrected chi connectivity index (χ2v) is 21.5. The highest BCUT2D eigenvalue weighted by Crippen LogP contribution is 2.60. The summed E-state index contributed by atoms with van der Waals surface area (Å²) in [5.74, 6) is 7.78. The van der Waals surface area contributed by atoms with Crippen LogP contribution < -0.4 is 4.52 Å². The van der Waals surface area contributed by atoms with E-state index in [2.05, 4.69) is 0 Å². The molecule has 336 valence electrons. The van der Waals surface area contributed by atoms with Gasteiger partial charge in [-0.15, -0.1) is 0 Å². The molecule has 8 aliphatic rings. The number of nitrogens with zero attached hydrogens (tertiary/aromatic N) is 2. The summed E-state index contributed by atoms with van der Waals surface area (Å²) in [6.07, 6.45) is 13.3. The van der Waals surface area contributed by atoms with Crippen molar-refractivity contribution in [1.82, 2.24) is 0 Å². The van der Waals surface area contributed by atoms with Gasteiger partial charge in [0.15, 0.2) is 0 Å². The molecule has 1 N–H and O–H groups in total. The van der Waals surface area contributed by atoms with Crippen LogP contribution in [-0.2, 0) is 23.1 Å². The lowest BCUT2D eigenvalue weighted by molar-refractivity contribution is 0.0653. The zero-order valence-electron chi connectivity index (χ0n) is 37.0. The molecule has 0 spiro atoms. The van der Waals surface area contributed by atoms with Gasteiger partial charge in [0.05, 0.1) is 51.4 Å². The number of rotatable bonds is 18. The van der Waals surface area contributed by atoms with E-state index in [1.165, 1.54) is 75.4 Å². The molecule has 10 rings (SSSR count). The lowest BCUT2D eigenvalue weighted by Crippen LogP contribution is -2.41. The summed E-state index contributed by atoms with van der Waals surface area (Å²) in [5.41, 5.74) is 1.96. The number of allylic oxidation sites excluding steroid dienone is 2. The van der Waals surface area contributed by atoms with Crippen molar-refractivity contribution < 1.29 is 41.5 Å². The van der Waals surface area contributed by atoms with Gasteiger partial charge in [0.1, 0.15) is 34.4 Å². The summed E-state index contributed by atoms with van der Waals surface area (Å²) in [5, 5.41) is 27.5. The number of ether oxygens (including phenoxy) is 2. The third-order valence-corrected chi connectivity index (χ3v) is 15.2. The van der Waals surface area contributed by atoms with Crippen LogP contribution in [0.4, 0.5) is 8.78 Å². The topological polar surface area (TPSA) is 131 Å². The molecule has 8 saturated carbocycles. The summed E-state index contributed by atoms with van der Waals surface area (Å²) in [4.78, 5) is 0. The minimum absolute atomic E-state index is 0.0226. The van der Waals surface area contributed by atoms with Gasteiger partial charge in [0.25, 0.3) is 0 Å². The third-order valence-electron chi connectivity index (χ3n) is 13.8. The van der Waals surface area contributed by atoms with Crippen molar-refractivity contribution in [1.29, 1.82) is 10.5 Å². The van der Waals surface area contributed by atoms with Crippen molar-refractivity contribution in [3.8, 4) is 23.6 Å². The molecule has 62 heavy (non-hydrogen) atoms. The quantitative estimate of drug-likeness (QED) is 0.0883. The number of phosphoric ester groups is 1. The van der Waals surface area contributed by atoms with Crippen molar-refractivity contribution in [3.63, 3.8) is 0 Å². The van der Waals surface area contributed by atoms with Crippen molar-refractivity contribution >= 4 is 19.3 Å². The number of phenols is 1. The predicted molar refractivity (Wildman–Crippen MR) is 235 cm³/mol. The Bertz CT molecular complexity index is 1990. The largest absolute Gasteiger partial charge is 0.530 e. The smallest absolute Gasteiger partial charge is 0.508 e. The number of alkyl halides is 2. The van der Waals surface area contributed by atoms with Gasteiger partial charge in [-0.1, -0.05) is 24.3 Å². The fourth-order valence-electron chi connectivity index (χ4n) is 11.6. The second kappa shape index (κ2) is 19.9. The fourth-order valence-corrected chi connectivity index (χ4v) is 12.7. The van der Waals surface area contributed by atoms with Gasteiger partial charge in [0.2, 0.25) is 0 Å². The number of nitriles is 2. The highest BCUT2D eigenvalue weighted by molar-refractivity contribution is 7.48. The van der Waals surface area contributed by atoms with E-state index in [1.54, 1.807) is 58.0 Å². The highest BCUT2D eigenvalue weighted by Gasteiger charge is 2.48.